The Kier molecular flexibility index (Phi) is 5.01. The fraction of sp³-hybridized carbons (Fsp3) is 0.364. The number of benzene rings is 1. The molecule has 10 heteroatoms. The Hall–Kier alpha value is -3.53. The molecule has 2 atom stereocenters. The van der Waals surface area contributed by atoms with Crippen molar-refractivity contribution in [3.05, 3.63) is 47.0 Å². The largest absolute Gasteiger partial charge is 0.385 e. The van der Waals surface area contributed by atoms with E-state index in [0.29, 0.717) is 53.3 Å². The smallest absolute Gasteiger partial charge is 0.271 e. The van der Waals surface area contributed by atoms with Gasteiger partial charge in [-0.05, 0) is 37.0 Å². The quantitative estimate of drug-likeness (QED) is 0.570. The van der Waals surface area contributed by atoms with Crippen LogP contribution in [0.3, 0.4) is 0 Å². The van der Waals surface area contributed by atoms with E-state index in [4.69, 9.17) is 4.74 Å². The zero-order valence-electron chi connectivity index (χ0n) is 17.8. The first-order chi connectivity index (χ1) is 15.5. The predicted octanol–water partition coefficient (Wildman–Crippen LogP) is 2.32. The number of aldehydes is 1. The Morgan fingerprint density at radius 3 is 2.84 bits per heavy atom. The van der Waals surface area contributed by atoms with Gasteiger partial charge in [-0.25, -0.2) is 13.9 Å². The van der Waals surface area contributed by atoms with E-state index in [1.54, 1.807) is 20.2 Å². The number of aromatic nitrogens is 3. The molecule has 32 heavy (non-hydrogen) atoms. The molecule has 1 aliphatic carbocycles. The number of hydrogen-bond donors (Lipinski definition) is 2. The minimum Gasteiger partial charge on any atom is -0.385 e. The second-order valence-electron chi connectivity index (χ2n) is 7.99. The molecule has 166 valence electrons. The molecule has 3 heterocycles. The van der Waals surface area contributed by atoms with Gasteiger partial charge in [-0.15, -0.1) is 5.10 Å². The standard InChI is InChI=1S/C22H23FN6O3/c1-24-16-9-20(28-6-5-14-12(11-30)7-13(23)8-17(14)28)27-29-18(10-25-21(16)29)22(31)26-15-3-4-19(15)32-2/h7-11,15,19,24H,3-6H2,1-2H3,(H,26,31)/t15-,19-/m1/s1. The molecular weight excluding hydrogens is 415 g/mol. The molecule has 0 unspecified atom stereocenters. The third-order valence-corrected chi connectivity index (χ3v) is 6.29. The fourth-order valence-electron chi connectivity index (χ4n) is 4.43. The van der Waals surface area contributed by atoms with Crippen molar-refractivity contribution in [2.24, 2.45) is 0 Å². The number of methoxy groups -OCH3 is 1. The molecule has 0 radical (unpaired) electrons. The van der Waals surface area contributed by atoms with Crippen LogP contribution < -0.4 is 15.5 Å². The van der Waals surface area contributed by atoms with Gasteiger partial charge in [0.1, 0.15) is 5.82 Å². The molecule has 0 spiro atoms. The lowest BCUT2D eigenvalue weighted by atomic mass is 9.89. The number of amides is 1. The highest BCUT2D eigenvalue weighted by molar-refractivity contribution is 5.94. The number of ether oxygens (including phenoxy) is 1. The summed E-state index contributed by atoms with van der Waals surface area (Å²) in [5.74, 6) is -0.246. The summed E-state index contributed by atoms with van der Waals surface area (Å²) < 4.78 is 21.0. The van der Waals surface area contributed by atoms with E-state index in [1.807, 2.05) is 4.90 Å². The van der Waals surface area contributed by atoms with Gasteiger partial charge in [-0.2, -0.15) is 0 Å². The summed E-state index contributed by atoms with van der Waals surface area (Å²) in [6, 6.07) is 4.41. The van der Waals surface area contributed by atoms with Gasteiger partial charge < -0.3 is 20.3 Å². The van der Waals surface area contributed by atoms with Crippen molar-refractivity contribution in [3.63, 3.8) is 0 Å². The van der Waals surface area contributed by atoms with Gasteiger partial charge in [0.15, 0.2) is 23.4 Å². The Morgan fingerprint density at radius 1 is 1.31 bits per heavy atom. The number of anilines is 3. The molecule has 5 rings (SSSR count). The van der Waals surface area contributed by atoms with Crippen LogP contribution in [0.1, 0.15) is 39.3 Å². The molecule has 0 saturated heterocycles. The third kappa shape index (κ3) is 3.18. The maximum Gasteiger partial charge on any atom is 0.271 e. The van der Waals surface area contributed by atoms with Crippen LogP contribution in [0.25, 0.3) is 5.65 Å². The van der Waals surface area contributed by atoms with Gasteiger partial charge in [0.05, 0.1) is 24.0 Å². The number of nitrogens with one attached hydrogen (secondary N) is 2. The SMILES string of the molecule is CNc1cc(N2CCc3c(C=O)cc(F)cc32)nn2c(C(=O)N[C@@H]3CC[C@H]3OC)cnc12. The summed E-state index contributed by atoms with van der Waals surface area (Å²) in [4.78, 5) is 30.6. The molecule has 1 aliphatic heterocycles. The van der Waals surface area contributed by atoms with Crippen molar-refractivity contribution in [2.75, 3.05) is 30.9 Å². The van der Waals surface area contributed by atoms with Crippen molar-refractivity contribution in [1.82, 2.24) is 19.9 Å². The zero-order valence-corrected chi connectivity index (χ0v) is 17.8. The van der Waals surface area contributed by atoms with Crippen molar-refractivity contribution in [3.8, 4) is 0 Å². The van der Waals surface area contributed by atoms with Crippen LogP contribution in [0.15, 0.2) is 24.4 Å². The molecule has 3 aromatic rings. The van der Waals surface area contributed by atoms with Crippen molar-refractivity contribution in [2.45, 2.75) is 31.4 Å². The van der Waals surface area contributed by atoms with E-state index in [1.165, 1.54) is 22.8 Å². The molecule has 1 saturated carbocycles. The molecule has 1 amide bonds. The zero-order chi connectivity index (χ0) is 22.4. The number of imidazole rings is 1. The Morgan fingerprint density at radius 2 is 2.16 bits per heavy atom. The third-order valence-electron chi connectivity index (χ3n) is 6.29. The minimum absolute atomic E-state index is 0.0116. The summed E-state index contributed by atoms with van der Waals surface area (Å²) in [5.41, 5.74) is 3.21. The van der Waals surface area contributed by atoms with Crippen LogP contribution in [0.5, 0.6) is 0 Å². The summed E-state index contributed by atoms with van der Waals surface area (Å²) in [6.07, 6.45) is 4.54. The van der Waals surface area contributed by atoms with Gasteiger partial charge in [-0.1, -0.05) is 0 Å². The molecule has 2 aromatic heterocycles. The van der Waals surface area contributed by atoms with Crippen LogP contribution in [0, 0.1) is 5.82 Å². The molecule has 9 nitrogen and oxygen atoms in total. The second kappa shape index (κ2) is 7.86. The van der Waals surface area contributed by atoms with Gasteiger partial charge in [0, 0.05) is 38.0 Å². The monoisotopic (exact) mass is 438 g/mol. The number of carbonyl (C=O) groups is 2. The van der Waals surface area contributed by atoms with E-state index >= 15 is 0 Å². The highest BCUT2D eigenvalue weighted by atomic mass is 19.1. The number of rotatable bonds is 6. The van der Waals surface area contributed by atoms with Crippen LogP contribution >= 0.6 is 0 Å². The maximum absolute atomic E-state index is 14.1. The summed E-state index contributed by atoms with van der Waals surface area (Å²) in [5, 5.41) is 10.7. The van der Waals surface area contributed by atoms with E-state index < -0.39 is 5.82 Å². The lowest BCUT2D eigenvalue weighted by Gasteiger charge is -2.35. The molecule has 2 aliphatic rings. The summed E-state index contributed by atoms with van der Waals surface area (Å²) >= 11 is 0. The highest BCUT2D eigenvalue weighted by Gasteiger charge is 2.33. The predicted molar refractivity (Wildman–Crippen MR) is 116 cm³/mol. The van der Waals surface area contributed by atoms with E-state index in [0.717, 1.165) is 18.4 Å². The number of halogens is 1. The molecular formula is C22H23FN6O3. The summed E-state index contributed by atoms with van der Waals surface area (Å²) in [6.45, 7) is 0.537. The van der Waals surface area contributed by atoms with Gasteiger partial charge in [0.25, 0.3) is 5.91 Å². The lowest BCUT2D eigenvalue weighted by Crippen LogP contribution is -2.51. The molecule has 1 aromatic carbocycles. The fourth-order valence-corrected chi connectivity index (χ4v) is 4.43. The van der Waals surface area contributed by atoms with E-state index in [9.17, 15) is 14.0 Å². The first-order valence-electron chi connectivity index (χ1n) is 10.5. The highest BCUT2D eigenvalue weighted by Crippen LogP contribution is 2.37. The van der Waals surface area contributed by atoms with Gasteiger partial charge in [-0.3, -0.25) is 9.59 Å². The number of carbonyl (C=O) groups excluding carboxylic acids is 2. The number of nitrogens with zero attached hydrogens (tertiary/aromatic N) is 4. The van der Waals surface area contributed by atoms with Crippen LogP contribution in [0.4, 0.5) is 21.6 Å². The average Bonchev–Trinajstić information content (AvgIpc) is 3.39. The Labute approximate surface area is 183 Å². The normalized spacial score (nSPS) is 19.5. The van der Waals surface area contributed by atoms with Gasteiger partial charge >= 0.3 is 0 Å². The van der Waals surface area contributed by atoms with Crippen LogP contribution in [0.2, 0.25) is 0 Å². The lowest BCUT2D eigenvalue weighted by molar-refractivity contribution is 0.00718. The second-order valence-corrected chi connectivity index (χ2v) is 7.99. The van der Waals surface area contributed by atoms with Crippen molar-refractivity contribution in [1.29, 1.82) is 0 Å². The van der Waals surface area contributed by atoms with Crippen molar-refractivity contribution >= 4 is 35.0 Å². The first kappa shape index (κ1) is 20.4. The Bertz CT molecular complexity index is 1220. The van der Waals surface area contributed by atoms with Crippen LogP contribution in [-0.2, 0) is 11.2 Å². The number of hydrogen-bond acceptors (Lipinski definition) is 7. The van der Waals surface area contributed by atoms with Gasteiger partial charge in [0.2, 0.25) is 0 Å². The average molecular weight is 438 g/mol. The Balaban J connectivity index is 1.55. The summed E-state index contributed by atoms with van der Waals surface area (Å²) in [7, 11) is 3.39. The topological polar surface area (TPSA) is 101 Å². The first-order valence-corrected chi connectivity index (χ1v) is 10.5. The molecule has 2 N–H and O–H groups in total. The van der Waals surface area contributed by atoms with Crippen LogP contribution in [-0.4, -0.2) is 59.6 Å². The van der Waals surface area contributed by atoms with Crippen molar-refractivity contribution < 1.29 is 18.7 Å². The maximum atomic E-state index is 14.1. The van der Waals surface area contributed by atoms with E-state index in [2.05, 4.69) is 20.7 Å². The molecule has 1 fully saturated rings. The van der Waals surface area contributed by atoms with E-state index in [-0.39, 0.29) is 18.1 Å². The number of fused-ring (bicyclic) bond motifs is 2. The minimum atomic E-state index is -0.483. The molecule has 0 bridgehead atoms.